The third-order valence-corrected chi connectivity index (χ3v) is 5.31. The van der Waals surface area contributed by atoms with Gasteiger partial charge >= 0.3 is 0 Å². The van der Waals surface area contributed by atoms with Crippen molar-refractivity contribution in [2.24, 2.45) is 5.10 Å². The van der Waals surface area contributed by atoms with Crippen molar-refractivity contribution in [2.45, 2.75) is 26.2 Å². The number of rotatable bonds is 6. The second-order valence-electron chi connectivity index (χ2n) is 5.87. The second kappa shape index (κ2) is 8.01. The van der Waals surface area contributed by atoms with Gasteiger partial charge in [0.25, 0.3) is 0 Å². The molecule has 0 saturated carbocycles. The molecule has 0 aromatic heterocycles. The van der Waals surface area contributed by atoms with Crippen LogP contribution in [0.1, 0.15) is 19.4 Å². The van der Waals surface area contributed by atoms with Crippen molar-refractivity contribution < 1.29 is 4.74 Å². The van der Waals surface area contributed by atoms with Gasteiger partial charge in [-0.25, -0.2) is 5.01 Å². The molecule has 0 spiro atoms. The molecule has 3 rings (SSSR count). The van der Waals surface area contributed by atoms with Crippen LogP contribution in [0.5, 0.6) is 5.75 Å². The molecule has 138 valence electrons. The molecule has 2 aliphatic rings. The Labute approximate surface area is 165 Å². The Morgan fingerprint density at radius 2 is 1.92 bits per heavy atom. The van der Waals surface area contributed by atoms with E-state index < -0.39 is 0 Å². The standard InChI is InChI=1S/C18H23N5OS2/c1-4-21-15-16(22(5-2)18(21)26)23(17(25)20-15)19-12-8-10-13-9-6-7-11-14(13)24-3/h6-12,15-16H,4-5H2,1-3H3,(H,20,25)/b10-8+,19-12+. The molecule has 0 aliphatic carbocycles. The molecular weight excluding hydrogens is 366 g/mol. The number of hydrazone groups is 1. The zero-order chi connectivity index (χ0) is 18.7. The summed E-state index contributed by atoms with van der Waals surface area (Å²) in [5, 5.41) is 11.2. The number of methoxy groups -OCH3 is 1. The van der Waals surface area contributed by atoms with Crippen molar-refractivity contribution in [3.63, 3.8) is 0 Å². The highest BCUT2D eigenvalue weighted by molar-refractivity contribution is 7.80. The van der Waals surface area contributed by atoms with E-state index in [0.29, 0.717) is 5.11 Å². The number of likely N-dealkylation sites (N-methyl/N-ethyl adjacent to an activating group) is 2. The number of nitrogens with one attached hydrogen (secondary N) is 1. The summed E-state index contributed by atoms with van der Waals surface area (Å²) in [5.74, 6) is 0.826. The Morgan fingerprint density at radius 1 is 1.19 bits per heavy atom. The summed E-state index contributed by atoms with van der Waals surface area (Å²) in [6.45, 7) is 5.82. The zero-order valence-corrected chi connectivity index (χ0v) is 16.8. The molecule has 2 fully saturated rings. The molecule has 1 N–H and O–H groups in total. The van der Waals surface area contributed by atoms with Gasteiger partial charge in [0.15, 0.2) is 16.4 Å². The first kappa shape index (κ1) is 18.6. The minimum absolute atomic E-state index is 0.0177. The zero-order valence-electron chi connectivity index (χ0n) is 15.1. The molecule has 0 radical (unpaired) electrons. The molecule has 2 unspecified atom stereocenters. The third-order valence-electron chi connectivity index (χ3n) is 4.53. The van der Waals surface area contributed by atoms with E-state index in [4.69, 9.17) is 29.2 Å². The lowest BCUT2D eigenvalue weighted by atomic mass is 10.2. The number of hydrogen-bond acceptors (Lipinski definition) is 4. The Kier molecular flexibility index (Phi) is 5.73. The van der Waals surface area contributed by atoms with Crippen LogP contribution in [-0.2, 0) is 0 Å². The van der Waals surface area contributed by atoms with Crippen LogP contribution in [-0.4, -0.2) is 63.8 Å². The van der Waals surface area contributed by atoms with E-state index in [9.17, 15) is 0 Å². The van der Waals surface area contributed by atoms with Crippen molar-refractivity contribution in [2.75, 3.05) is 20.2 Å². The number of allylic oxidation sites excluding steroid dienone is 1. The molecule has 1 aromatic carbocycles. The molecule has 2 aliphatic heterocycles. The van der Waals surface area contributed by atoms with E-state index in [-0.39, 0.29) is 12.3 Å². The summed E-state index contributed by atoms with van der Waals surface area (Å²) < 4.78 is 5.35. The van der Waals surface area contributed by atoms with Crippen LogP contribution in [0, 0.1) is 0 Å². The van der Waals surface area contributed by atoms with E-state index in [1.807, 2.05) is 41.4 Å². The highest BCUT2D eigenvalue weighted by atomic mass is 32.1. The summed E-state index contributed by atoms with van der Waals surface area (Å²) in [6, 6.07) is 7.84. The predicted octanol–water partition coefficient (Wildman–Crippen LogP) is 2.48. The fourth-order valence-corrected chi connectivity index (χ4v) is 4.05. The number of ether oxygens (including phenoxy) is 1. The van der Waals surface area contributed by atoms with Crippen LogP contribution in [0.15, 0.2) is 35.4 Å². The number of fused-ring (bicyclic) bond motifs is 1. The average Bonchev–Trinajstić information content (AvgIpc) is 3.10. The van der Waals surface area contributed by atoms with Gasteiger partial charge in [-0.3, -0.25) is 0 Å². The van der Waals surface area contributed by atoms with Gasteiger partial charge < -0.3 is 19.9 Å². The lowest BCUT2D eigenvalue weighted by molar-refractivity contribution is 0.175. The van der Waals surface area contributed by atoms with Gasteiger partial charge in [0.2, 0.25) is 0 Å². The topological polar surface area (TPSA) is 43.3 Å². The van der Waals surface area contributed by atoms with E-state index in [0.717, 1.165) is 29.5 Å². The van der Waals surface area contributed by atoms with Crippen molar-refractivity contribution >= 4 is 47.0 Å². The van der Waals surface area contributed by atoms with Crippen LogP contribution in [0.25, 0.3) is 6.08 Å². The third kappa shape index (κ3) is 3.26. The molecule has 1 aromatic rings. The first-order chi connectivity index (χ1) is 12.6. The number of hydrogen-bond donors (Lipinski definition) is 1. The fraction of sp³-hybridized carbons (Fsp3) is 0.389. The number of thiocarbonyl (C=S) groups is 2. The van der Waals surface area contributed by atoms with Gasteiger partial charge in [0.05, 0.1) is 7.11 Å². The van der Waals surface area contributed by atoms with Gasteiger partial charge in [-0.15, -0.1) is 0 Å². The smallest absolute Gasteiger partial charge is 0.193 e. The molecule has 2 atom stereocenters. The maximum absolute atomic E-state index is 5.60. The minimum atomic E-state index is -0.0177. The van der Waals surface area contributed by atoms with Gasteiger partial charge in [-0.05, 0) is 56.5 Å². The van der Waals surface area contributed by atoms with Gasteiger partial charge in [0.1, 0.15) is 11.9 Å². The van der Waals surface area contributed by atoms with E-state index in [2.05, 4.69) is 34.1 Å². The van der Waals surface area contributed by atoms with Crippen molar-refractivity contribution in [3.8, 4) is 5.75 Å². The quantitative estimate of drug-likeness (QED) is 0.592. The van der Waals surface area contributed by atoms with E-state index >= 15 is 0 Å². The minimum Gasteiger partial charge on any atom is -0.496 e. The lowest BCUT2D eigenvalue weighted by Crippen LogP contribution is -2.43. The Morgan fingerprint density at radius 3 is 2.62 bits per heavy atom. The highest BCUT2D eigenvalue weighted by Gasteiger charge is 2.51. The van der Waals surface area contributed by atoms with Crippen molar-refractivity contribution in [1.82, 2.24) is 20.1 Å². The van der Waals surface area contributed by atoms with Gasteiger partial charge in [0, 0.05) is 24.9 Å². The van der Waals surface area contributed by atoms with Crippen molar-refractivity contribution in [3.05, 3.63) is 35.9 Å². The fourth-order valence-electron chi connectivity index (χ4n) is 3.30. The first-order valence-corrected chi connectivity index (χ1v) is 9.44. The molecule has 0 amide bonds. The number of benzene rings is 1. The average molecular weight is 390 g/mol. The van der Waals surface area contributed by atoms with Gasteiger partial charge in [-0.2, -0.15) is 5.10 Å². The molecule has 0 bridgehead atoms. The monoisotopic (exact) mass is 389 g/mol. The number of para-hydroxylation sites is 1. The summed E-state index contributed by atoms with van der Waals surface area (Å²) in [6.07, 6.45) is 5.61. The van der Waals surface area contributed by atoms with Crippen molar-refractivity contribution in [1.29, 1.82) is 0 Å². The number of nitrogens with zero attached hydrogens (tertiary/aromatic N) is 4. The maximum atomic E-state index is 5.60. The normalized spacial score (nSPS) is 22.7. The van der Waals surface area contributed by atoms with E-state index in [1.165, 1.54) is 0 Å². The SMILES string of the molecule is CCN1C(=S)N(CC)C2C1NC(=S)N2/N=C/C=C/c1ccccc1OC. The van der Waals surface area contributed by atoms with Gasteiger partial charge in [-0.1, -0.05) is 18.2 Å². The maximum Gasteiger partial charge on any atom is 0.193 e. The largest absolute Gasteiger partial charge is 0.496 e. The summed E-state index contributed by atoms with van der Waals surface area (Å²) in [5.41, 5.74) is 0.996. The Balaban J connectivity index is 1.76. The Bertz CT molecular complexity index is 751. The van der Waals surface area contributed by atoms with Crippen LogP contribution < -0.4 is 10.1 Å². The molecule has 8 heteroatoms. The molecular formula is C18H23N5OS2. The summed E-state index contributed by atoms with van der Waals surface area (Å²) in [4.78, 5) is 4.30. The van der Waals surface area contributed by atoms with Crippen LogP contribution in [0.4, 0.5) is 0 Å². The summed E-state index contributed by atoms with van der Waals surface area (Å²) in [7, 11) is 1.66. The molecule has 6 nitrogen and oxygen atoms in total. The van der Waals surface area contributed by atoms with Crippen LogP contribution in [0.2, 0.25) is 0 Å². The van der Waals surface area contributed by atoms with Crippen LogP contribution in [0.3, 0.4) is 0 Å². The predicted molar refractivity (Wildman–Crippen MR) is 113 cm³/mol. The second-order valence-corrected chi connectivity index (χ2v) is 6.62. The van der Waals surface area contributed by atoms with E-state index in [1.54, 1.807) is 13.3 Å². The first-order valence-electron chi connectivity index (χ1n) is 8.63. The lowest BCUT2D eigenvalue weighted by Gasteiger charge is -2.27. The highest BCUT2D eigenvalue weighted by Crippen LogP contribution is 2.29. The molecule has 2 heterocycles. The molecule has 26 heavy (non-hydrogen) atoms. The molecule has 2 saturated heterocycles. The van der Waals surface area contributed by atoms with Crippen LogP contribution >= 0.6 is 24.4 Å². The summed E-state index contributed by atoms with van der Waals surface area (Å²) >= 11 is 11.1. The Hall–Kier alpha value is -2.19.